The van der Waals surface area contributed by atoms with Crippen LogP contribution in [0.2, 0.25) is 0 Å². The first-order valence-corrected chi connectivity index (χ1v) is 5.15. The maximum Gasteiger partial charge on any atom is 0.281 e. The predicted molar refractivity (Wildman–Crippen MR) is 58.6 cm³/mol. The molecule has 0 saturated carbocycles. The zero-order valence-electron chi connectivity index (χ0n) is 7.43. The van der Waals surface area contributed by atoms with Crippen molar-refractivity contribution in [1.82, 2.24) is 4.98 Å². The van der Waals surface area contributed by atoms with E-state index in [9.17, 15) is 13.6 Å². The predicted octanol–water partition coefficient (Wildman–Crippen LogP) is 3.01. The summed E-state index contributed by atoms with van der Waals surface area (Å²) in [7, 11) is 1.27. The van der Waals surface area contributed by atoms with Crippen LogP contribution < -0.4 is 4.74 Å². The summed E-state index contributed by atoms with van der Waals surface area (Å²) >= 11 is 6.88. The quantitative estimate of drug-likeness (QED) is 0.623. The summed E-state index contributed by atoms with van der Waals surface area (Å²) < 4.78 is 29.8. The van der Waals surface area contributed by atoms with Crippen LogP contribution in [0.3, 0.4) is 0 Å². The molecule has 0 saturated heterocycles. The molecule has 0 spiro atoms. The van der Waals surface area contributed by atoms with E-state index in [1.165, 1.54) is 7.11 Å². The molecule has 0 N–H and O–H groups in total. The highest BCUT2D eigenvalue weighted by Crippen LogP contribution is 2.32. The van der Waals surface area contributed by atoms with E-state index in [0.717, 1.165) is 6.20 Å². The summed E-state index contributed by atoms with van der Waals surface area (Å²) in [5.41, 5.74) is -0.443. The van der Waals surface area contributed by atoms with Gasteiger partial charge in [0.1, 0.15) is 11.4 Å². The highest BCUT2D eigenvalue weighted by atomic mass is 127. The molecule has 1 aromatic rings. The summed E-state index contributed by atoms with van der Waals surface area (Å²) in [6.45, 7) is 0. The number of hydrogen-bond acceptors (Lipinski definition) is 3. The summed E-state index contributed by atoms with van der Waals surface area (Å²) in [5.74, 6) is 0.0286. The van der Waals surface area contributed by atoms with Crippen LogP contribution in [0.5, 0.6) is 5.75 Å². The monoisotopic (exact) mass is 347 g/mol. The first kappa shape index (κ1) is 12.6. The van der Waals surface area contributed by atoms with Gasteiger partial charge in [-0.1, -0.05) is 0 Å². The zero-order valence-corrected chi connectivity index (χ0v) is 10.3. The van der Waals surface area contributed by atoms with E-state index in [-0.39, 0.29) is 14.9 Å². The Kier molecular flexibility index (Phi) is 4.21. The Hall–Kier alpha value is -0.500. The number of alkyl halides is 2. The van der Waals surface area contributed by atoms with Crippen LogP contribution in [0.15, 0.2) is 6.20 Å². The van der Waals surface area contributed by atoms with Crippen LogP contribution >= 0.6 is 34.2 Å². The van der Waals surface area contributed by atoms with Gasteiger partial charge in [-0.3, -0.25) is 9.78 Å². The lowest BCUT2D eigenvalue weighted by molar-refractivity contribution is 0.107. The highest BCUT2D eigenvalue weighted by molar-refractivity contribution is 14.1. The Morgan fingerprint density at radius 1 is 1.67 bits per heavy atom. The fourth-order valence-corrected chi connectivity index (χ4v) is 2.00. The summed E-state index contributed by atoms with van der Waals surface area (Å²) in [5, 5.41) is -0.793. The lowest BCUT2D eigenvalue weighted by Gasteiger charge is -2.10. The first-order valence-electron chi connectivity index (χ1n) is 3.69. The van der Waals surface area contributed by atoms with Gasteiger partial charge in [0.05, 0.1) is 16.2 Å². The van der Waals surface area contributed by atoms with E-state index in [0.29, 0.717) is 0 Å². The zero-order chi connectivity index (χ0) is 11.6. The molecule has 0 aliphatic heterocycles. The number of ether oxygens (including phenoxy) is 1. The van der Waals surface area contributed by atoms with E-state index in [4.69, 9.17) is 16.3 Å². The molecule has 3 nitrogen and oxygen atoms in total. The molecule has 0 atom stereocenters. The molecule has 0 unspecified atom stereocenters. The lowest BCUT2D eigenvalue weighted by Crippen LogP contribution is -2.04. The minimum absolute atomic E-state index is 0.0204. The SMILES string of the molecule is COc1c(C(=O)Cl)cnc(C(F)F)c1I. The van der Waals surface area contributed by atoms with Crippen molar-refractivity contribution in [2.45, 2.75) is 6.43 Å². The Balaban J connectivity index is 3.39. The number of hydrogen-bond donors (Lipinski definition) is 0. The third-order valence-electron chi connectivity index (χ3n) is 1.62. The van der Waals surface area contributed by atoms with Crippen molar-refractivity contribution in [3.63, 3.8) is 0 Å². The van der Waals surface area contributed by atoms with Gasteiger partial charge < -0.3 is 4.74 Å². The Morgan fingerprint density at radius 3 is 2.67 bits per heavy atom. The second-order valence-corrected chi connectivity index (χ2v) is 3.90. The molecule has 0 radical (unpaired) electrons. The van der Waals surface area contributed by atoms with Gasteiger partial charge in [0, 0.05) is 6.20 Å². The maximum atomic E-state index is 12.4. The van der Waals surface area contributed by atoms with Gasteiger partial charge in [0.15, 0.2) is 0 Å². The second-order valence-electron chi connectivity index (χ2n) is 2.48. The van der Waals surface area contributed by atoms with Crippen LogP contribution in [-0.4, -0.2) is 17.3 Å². The molecule has 0 amide bonds. The van der Waals surface area contributed by atoms with Crippen LogP contribution in [0.1, 0.15) is 22.5 Å². The minimum atomic E-state index is -2.72. The van der Waals surface area contributed by atoms with Crippen molar-refractivity contribution in [3.8, 4) is 5.75 Å². The van der Waals surface area contributed by atoms with E-state index in [2.05, 4.69) is 4.98 Å². The number of carbonyl (C=O) groups excluding carboxylic acids is 1. The number of rotatable bonds is 3. The Bertz CT molecular complexity index is 400. The lowest BCUT2D eigenvalue weighted by atomic mass is 10.2. The summed E-state index contributed by atoms with van der Waals surface area (Å²) in [4.78, 5) is 14.4. The molecule has 0 fully saturated rings. The molecule has 1 heterocycles. The average molecular weight is 347 g/mol. The largest absolute Gasteiger partial charge is 0.495 e. The van der Waals surface area contributed by atoms with Gasteiger partial charge in [-0.25, -0.2) is 8.78 Å². The number of nitrogens with zero attached hydrogens (tertiary/aromatic N) is 1. The normalized spacial score (nSPS) is 10.5. The number of methoxy groups -OCH3 is 1. The molecule has 0 bridgehead atoms. The van der Waals surface area contributed by atoms with Crippen LogP contribution in [0, 0.1) is 3.57 Å². The number of carbonyl (C=O) groups is 1. The molecule has 15 heavy (non-hydrogen) atoms. The van der Waals surface area contributed by atoms with Crippen LogP contribution in [0.25, 0.3) is 0 Å². The Morgan fingerprint density at radius 2 is 2.27 bits per heavy atom. The Labute approximate surface area is 103 Å². The van der Waals surface area contributed by atoms with Gasteiger partial charge in [0.2, 0.25) is 0 Å². The molecule has 0 aromatic carbocycles. The molecule has 0 aliphatic carbocycles. The van der Waals surface area contributed by atoms with Crippen LogP contribution in [0.4, 0.5) is 8.78 Å². The van der Waals surface area contributed by atoms with E-state index >= 15 is 0 Å². The fourth-order valence-electron chi connectivity index (χ4n) is 0.976. The molecule has 82 valence electrons. The molecule has 1 rings (SSSR count). The highest BCUT2D eigenvalue weighted by Gasteiger charge is 2.22. The van der Waals surface area contributed by atoms with Gasteiger partial charge in [-0.2, -0.15) is 0 Å². The van der Waals surface area contributed by atoms with Crippen molar-refractivity contribution in [3.05, 3.63) is 21.0 Å². The third kappa shape index (κ3) is 2.54. The van der Waals surface area contributed by atoms with Gasteiger partial charge >= 0.3 is 0 Å². The van der Waals surface area contributed by atoms with E-state index < -0.39 is 17.4 Å². The average Bonchev–Trinajstić information content (AvgIpc) is 2.16. The smallest absolute Gasteiger partial charge is 0.281 e. The third-order valence-corrected chi connectivity index (χ3v) is 2.87. The van der Waals surface area contributed by atoms with Crippen molar-refractivity contribution in [1.29, 1.82) is 0 Å². The second kappa shape index (κ2) is 5.02. The standard InChI is InChI=1S/C8H5ClF2INO2/c1-15-6-3(7(9)14)2-13-5(4(6)12)8(10)11/h2,8H,1H3. The molecular weight excluding hydrogens is 342 g/mol. The topological polar surface area (TPSA) is 39.2 Å². The number of aromatic nitrogens is 1. The minimum Gasteiger partial charge on any atom is -0.495 e. The number of pyridine rings is 1. The summed E-state index contributed by atoms with van der Waals surface area (Å²) in [6, 6.07) is 0. The van der Waals surface area contributed by atoms with Crippen LogP contribution in [-0.2, 0) is 0 Å². The molecule has 0 aliphatic rings. The van der Waals surface area contributed by atoms with Crippen molar-refractivity contribution in [2.75, 3.05) is 7.11 Å². The molecular formula is C8H5ClF2INO2. The van der Waals surface area contributed by atoms with Gasteiger partial charge in [-0.05, 0) is 34.2 Å². The fraction of sp³-hybridized carbons (Fsp3) is 0.250. The van der Waals surface area contributed by atoms with E-state index in [1.807, 2.05) is 0 Å². The molecule has 1 aromatic heterocycles. The molecule has 7 heteroatoms. The maximum absolute atomic E-state index is 12.4. The van der Waals surface area contributed by atoms with Gasteiger partial charge in [0.25, 0.3) is 11.7 Å². The van der Waals surface area contributed by atoms with Crippen molar-refractivity contribution < 1.29 is 18.3 Å². The van der Waals surface area contributed by atoms with Gasteiger partial charge in [-0.15, -0.1) is 0 Å². The number of halogens is 4. The summed E-state index contributed by atoms with van der Waals surface area (Å²) in [6.07, 6.45) is -1.73. The first-order chi connectivity index (χ1) is 6.99. The van der Waals surface area contributed by atoms with Crippen molar-refractivity contribution >= 4 is 39.4 Å². The van der Waals surface area contributed by atoms with E-state index in [1.54, 1.807) is 22.6 Å². The van der Waals surface area contributed by atoms with Crippen molar-refractivity contribution in [2.24, 2.45) is 0 Å².